The molecule has 3 aromatic rings. The molecule has 1 N–H and O–H groups in total. The Bertz CT molecular complexity index is 1090. The second-order valence-electron chi connectivity index (χ2n) is 8.27. The van der Waals surface area contributed by atoms with Crippen LogP contribution in [0.25, 0.3) is 11.3 Å². The zero-order chi connectivity index (χ0) is 21.2. The SMILES string of the molecule is O=C(C1CCC1)N1CCC(c2nc(Nc3cccc(F)c3)cc(-c3ccncc3)n2)C1. The van der Waals surface area contributed by atoms with Gasteiger partial charge in [0.05, 0.1) is 5.69 Å². The molecule has 5 rings (SSSR count). The van der Waals surface area contributed by atoms with Gasteiger partial charge >= 0.3 is 0 Å². The van der Waals surface area contributed by atoms with Crippen molar-refractivity contribution in [1.29, 1.82) is 0 Å². The maximum absolute atomic E-state index is 13.6. The highest BCUT2D eigenvalue weighted by Gasteiger charge is 2.35. The molecule has 2 fully saturated rings. The van der Waals surface area contributed by atoms with E-state index in [1.54, 1.807) is 24.5 Å². The third-order valence-electron chi connectivity index (χ3n) is 6.14. The van der Waals surface area contributed by atoms with E-state index in [1.807, 2.05) is 23.1 Å². The summed E-state index contributed by atoms with van der Waals surface area (Å²) in [6.07, 6.45) is 7.47. The molecule has 6 nitrogen and oxygen atoms in total. The average molecular weight is 417 g/mol. The number of rotatable bonds is 5. The molecular weight excluding hydrogens is 393 g/mol. The fraction of sp³-hybridized carbons (Fsp3) is 0.333. The van der Waals surface area contributed by atoms with Crippen LogP contribution in [0, 0.1) is 11.7 Å². The van der Waals surface area contributed by atoms with E-state index < -0.39 is 0 Å². The van der Waals surface area contributed by atoms with Gasteiger partial charge in [0.1, 0.15) is 17.5 Å². The number of carbonyl (C=O) groups excluding carboxylic acids is 1. The zero-order valence-electron chi connectivity index (χ0n) is 17.2. The van der Waals surface area contributed by atoms with E-state index in [0.717, 1.165) is 43.5 Å². The van der Waals surface area contributed by atoms with Gasteiger partial charge in [-0.2, -0.15) is 0 Å². The van der Waals surface area contributed by atoms with Crippen LogP contribution in [0.3, 0.4) is 0 Å². The van der Waals surface area contributed by atoms with Crippen LogP contribution in [-0.2, 0) is 4.79 Å². The second-order valence-corrected chi connectivity index (χ2v) is 8.27. The van der Waals surface area contributed by atoms with Gasteiger partial charge in [0.25, 0.3) is 0 Å². The molecular formula is C24H24FN5O. The van der Waals surface area contributed by atoms with E-state index in [-0.39, 0.29) is 23.6 Å². The monoisotopic (exact) mass is 417 g/mol. The minimum atomic E-state index is -0.311. The van der Waals surface area contributed by atoms with Crippen molar-refractivity contribution in [3.63, 3.8) is 0 Å². The Morgan fingerprint density at radius 1 is 1.06 bits per heavy atom. The summed E-state index contributed by atoms with van der Waals surface area (Å²) in [6, 6.07) is 12.0. The Balaban J connectivity index is 1.44. The lowest BCUT2D eigenvalue weighted by atomic mass is 9.84. The summed E-state index contributed by atoms with van der Waals surface area (Å²) in [7, 11) is 0. The number of nitrogens with zero attached hydrogens (tertiary/aromatic N) is 4. The fourth-order valence-corrected chi connectivity index (χ4v) is 4.18. The van der Waals surface area contributed by atoms with Crippen molar-refractivity contribution < 1.29 is 9.18 Å². The van der Waals surface area contributed by atoms with E-state index >= 15 is 0 Å². The Morgan fingerprint density at radius 2 is 1.90 bits per heavy atom. The first-order chi connectivity index (χ1) is 15.2. The highest BCUT2D eigenvalue weighted by molar-refractivity contribution is 5.80. The molecule has 0 spiro atoms. The van der Waals surface area contributed by atoms with Crippen molar-refractivity contribution in [2.45, 2.75) is 31.6 Å². The van der Waals surface area contributed by atoms with Crippen LogP contribution < -0.4 is 5.32 Å². The van der Waals surface area contributed by atoms with E-state index in [2.05, 4.69) is 10.3 Å². The summed E-state index contributed by atoms with van der Waals surface area (Å²) < 4.78 is 13.6. The van der Waals surface area contributed by atoms with Crippen LogP contribution >= 0.6 is 0 Å². The van der Waals surface area contributed by atoms with Gasteiger partial charge in [-0.3, -0.25) is 9.78 Å². The van der Waals surface area contributed by atoms with Gasteiger partial charge in [-0.15, -0.1) is 0 Å². The number of pyridine rings is 1. The fourth-order valence-electron chi connectivity index (χ4n) is 4.18. The number of halogens is 1. The van der Waals surface area contributed by atoms with Gasteiger partial charge in [0, 0.05) is 54.6 Å². The van der Waals surface area contributed by atoms with Crippen LogP contribution in [0.1, 0.15) is 37.4 Å². The summed E-state index contributed by atoms with van der Waals surface area (Å²) in [5.74, 6) is 1.56. The van der Waals surface area contributed by atoms with Crippen LogP contribution in [-0.4, -0.2) is 38.8 Å². The highest BCUT2D eigenvalue weighted by atomic mass is 19.1. The topological polar surface area (TPSA) is 71.0 Å². The lowest BCUT2D eigenvalue weighted by Gasteiger charge is -2.29. The standard InChI is InChI=1S/C24H24FN5O/c25-19-5-2-6-20(13-19)27-22-14-21(16-7-10-26-11-8-16)28-23(29-22)18-9-12-30(15-18)24(31)17-3-1-4-17/h2,5-8,10-11,13-14,17-18H,1,3-4,9,12,15H2,(H,27,28,29). The number of hydrogen-bond acceptors (Lipinski definition) is 5. The van der Waals surface area contributed by atoms with E-state index in [9.17, 15) is 9.18 Å². The number of anilines is 2. The first-order valence-corrected chi connectivity index (χ1v) is 10.8. The smallest absolute Gasteiger partial charge is 0.225 e. The number of likely N-dealkylation sites (tertiary alicyclic amines) is 1. The third-order valence-corrected chi connectivity index (χ3v) is 6.14. The molecule has 0 bridgehead atoms. The van der Waals surface area contributed by atoms with E-state index in [1.165, 1.54) is 12.1 Å². The molecule has 7 heteroatoms. The van der Waals surface area contributed by atoms with E-state index in [0.29, 0.717) is 23.9 Å². The van der Waals surface area contributed by atoms with Crippen molar-refractivity contribution in [2.75, 3.05) is 18.4 Å². The number of carbonyl (C=O) groups is 1. The highest BCUT2D eigenvalue weighted by Crippen LogP contribution is 2.33. The molecule has 2 aliphatic rings. The van der Waals surface area contributed by atoms with Crippen molar-refractivity contribution >= 4 is 17.4 Å². The number of amides is 1. The van der Waals surface area contributed by atoms with Crippen LogP contribution in [0.2, 0.25) is 0 Å². The van der Waals surface area contributed by atoms with Gasteiger partial charge in [0.2, 0.25) is 5.91 Å². The normalized spacial score (nSPS) is 18.6. The quantitative estimate of drug-likeness (QED) is 0.660. The number of benzene rings is 1. The van der Waals surface area contributed by atoms with Gasteiger partial charge in [-0.05, 0) is 49.6 Å². The summed E-state index contributed by atoms with van der Waals surface area (Å²) in [5, 5.41) is 3.20. The summed E-state index contributed by atoms with van der Waals surface area (Å²) in [5.41, 5.74) is 2.33. The molecule has 1 aliphatic carbocycles. The first-order valence-electron chi connectivity index (χ1n) is 10.8. The molecule has 1 amide bonds. The molecule has 158 valence electrons. The Kier molecular flexibility index (Phi) is 5.32. The molecule has 3 heterocycles. The summed E-state index contributed by atoms with van der Waals surface area (Å²) in [6.45, 7) is 1.39. The molecule has 0 radical (unpaired) electrons. The zero-order valence-corrected chi connectivity index (χ0v) is 17.2. The second kappa shape index (κ2) is 8.41. The van der Waals surface area contributed by atoms with Crippen molar-refractivity contribution in [1.82, 2.24) is 19.9 Å². The van der Waals surface area contributed by atoms with Crippen molar-refractivity contribution in [2.24, 2.45) is 5.92 Å². The Morgan fingerprint density at radius 3 is 2.65 bits per heavy atom. The average Bonchev–Trinajstić information content (AvgIpc) is 3.23. The molecule has 1 atom stereocenters. The number of nitrogens with one attached hydrogen (secondary N) is 1. The summed E-state index contributed by atoms with van der Waals surface area (Å²) in [4.78, 5) is 28.3. The predicted octanol–water partition coefficient (Wildman–Crippen LogP) is 4.54. The maximum Gasteiger partial charge on any atom is 0.225 e. The third kappa shape index (κ3) is 4.26. The van der Waals surface area contributed by atoms with E-state index in [4.69, 9.17) is 9.97 Å². The van der Waals surface area contributed by atoms with Crippen molar-refractivity contribution in [3.05, 3.63) is 66.5 Å². The van der Waals surface area contributed by atoms with Crippen molar-refractivity contribution in [3.8, 4) is 11.3 Å². The van der Waals surface area contributed by atoms with Crippen LogP contribution in [0.5, 0.6) is 0 Å². The molecule has 1 unspecified atom stereocenters. The van der Waals surface area contributed by atoms with Crippen LogP contribution in [0.15, 0.2) is 54.9 Å². The maximum atomic E-state index is 13.6. The van der Waals surface area contributed by atoms with Gasteiger partial charge in [0.15, 0.2) is 0 Å². The van der Waals surface area contributed by atoms with Gasteiger partial charge < -0.3 is 10.2 Å². The lowest BCUT2D eigenvalue weighted by Crippen LogP contribution is -2.37. The first kappa shape index (κ1) is 19.6. The number of aromatic nitrogens is 3. The largest absolute Gasteiger partial charge is 0.342 e. The minimum absolute atomic E-state index is 0.0823. The lowest BCUT2D eigenvalue weighted by molar-refractivity contribution is -0.137. The number of hydrogen-bond donors (Lipinski definition) is 1. The predicted molar refractivity (Wildman–Crippen MR) is 116 cm³/mol. The molecule has 31 heavy (non-hydrogen) atoms. The van der Waals surface area contributed by atoms with Gasteiger partial charge in [-0.25, -0.2) is 14.4 Å². The molecule has 2 aromatic heterocycles. The van der Waals surface area contributed by atoms with Gasteiger partial charge in [-0.1, -0.05) is 12.5 Å². The minimum Gasteiger partial charge on any atom is -0.342 e. The molecule has 1 saturated heterocycles. The Labute approximate surface area is 180 Å². The Hall–Kier alpha value is -3.35. The molecule has 1 aromatic carbocycles. The van der Waals surface area contributed by atoms with Crippen LogP contribution in [0.4, 0.5) is 15.9 Å². The molecule has 1 saturated carbocycles. The molecule has 1 aliphatic heterocycles. The summed E-state index contributed by atoms with van der Waals surface area (Å²) >= 11 is 0.